The van der Waals surface area contributed by atoms with Crippen molar-refractivity contribution < 1.29 is 17.6 Å². The van der Waals surface area contributed by atoms with E-state index in [2.05, 4.69) is 4.98 Å². The number of benzene rings is 2. The van der Waals surface area contributed by atoms with Crippen LogP contribution in [0.15, 0.2) is 52.9 Å². The van der Waals surface area contributed by atoms with Crippen molar-refractivity contribution in [3.63, 3.8) is 0 Å². The first-order valence-electron chi connectivity index (χ1n) is 9.22. The molecule has 7 heteroatoms. The molecule has 1 heterocycles. The Morgan fingerprint density at radius 1 is 1.10 bits per heavy atom. The van der Waals surface area contributed by atoms with Gasteiger partial charge in [0, 0.05) is 17.0 Å². The smallest absolute Gasteiger partial charge is 0.226 e. The van der Waals surface area contributed by atoms with Crippen molar-refractivity contribution in [2.45, 2.75) is 32.4 Å². The highest BCUT2D eigenvalue weighted by atomic mass is 35.5. The Kier molecular flexibility index (Phi) is 6.55. The molecular weight excluding hydrogens is 410 g/mol. The molecule has 0 amide bonds. The standard InChI is InChI=1S/C22H22ClNO4S/c1-15-6-9-18(10-7-15)22-24-21(16(2)28-22)14-29(26,27)13-20(25)11-8-17-4-3-5-19(23)12-17/h3-7,9-10,12H,8,11,13-14H2,1-2H3. The molecule has 0 fully saturated rings. The molecule has 1 aromatic heterocycles. The Balaban J connectivity index is 1.63. The minimum Gasteiger partial charge on any atom is -0.441 e. The van der Waals surface area contributed by atoms with Crippen molar-refractivity contribution in [1.82, 2.24) is 4.98 Å². The second-order valence-electron chi connectivity index (χ2n) is 7.09. The third-order valence-corrected chi connectivity index (χ3v) is 6.22. The summed E-state index contributed by atoms with van der Waals surface area (Å²) >= 11 is 5.93. The van der Waals surface area contributed by atoms with E-state index in [-0.39, 0.29) is 18.0 Å². The largest absolute Gasteiger partial charge is 0.441 e. The van der Waals surface area contributed by atoms with Crippen LogP contribution >= 0.6 is 11.6 Å². The van der Waals surface area contributed by atoms with Gasteiger partial charge in [-0.3, -0.25) is 4.79 Å². The van der Waals surface area contributed by atoms with Crippen LogP contribution in [0.4, 0.5) is 0 Å². The Morgan fingerprint density at radius 3 is 2.52 bits per heavy atom. The average molecular weight is 432 g/mol. The summed E-state index contributed by atoms with van der Waals surface area (Å²) in [5.74, 6) is -0.350. The van der Waals surface area contributed by atoms with Gasteiger partial charge in [-0.05, 0) is 50.1 Å². The number of nitrogens with zero attached hydrogens (tertiary/aromatic N) is 1. The van der Waals surface area contributed by atoms with Crippen LogP contribution in [0.3, 0.4) is 0 Å². The maximum atomic E-state index is 12.5. The number of oxazole rings is 1. The molecule has 3 aromatic rings. The number of halogens is 1. The first-order valence-corrected chi connectivity index (χ1v) is 11.4. The fourth-order valence-electron chi connectivity index (χ4n) is 2.93. The lowest BCUT2D eigenvalue weighted by Crippen LogP contribution is -2.18. The van der Waals surface area contributed by atoms with E-state index in [9.17, 15) is 13.2 Å². The predicted octanol–water partition coefficient (Wildman–Crippen LogP) is 4.73. The number of hydrogen-bond acceptors (Lipinski definition) is 5. The summed E-state index contributed by atoms with van der Waals surface area (Å²) in [5, 5.41) is 0.591. The molecular formula is C22H22ClNO4S. The zero-order chi connectivity index (χ0) is 21.0. The summed E-state index contributed by atoms with van der Waals surface area (Å²) in [5.41, 5.74) is 3.12. The van der Waals surface area contributed by atoms with Crippen LogP contribution in [0.25, 0.3) is 11.5 Å². The van der Waals surface area contributed by atoms with Crippen molar-refractivity contribution in [3.8, 4) is 11.5 Å². The third kappa shape index (κ3) is 6.02. The molecule has 0 aliphatic carbocycles. The highest BCUT2D eigenvalue weighted by Gasteiger charge is 2.22. The number of hydrogen-bond donors (Lipinski definition) is 0. The van der Waals surface area contributed by atoms with Gasteiger partial charge in [-0.2, -0.15) is 0 Å². The van der Waals surface area contributed by atoms with Crippen LogP contribution in [-0.4, -0.2) is 24.9 Å². The van der Waals surface area contributed by atoms with Crippen molar-refractivity contribution in [1.29, 1.82) is 0 Å². The molecule has 0 aliphatic rings. The topological polar surface area (TPSA) is 77.2 Å². The van der Waals surface area contributed by atoms with Gasteiger partial charge in [0.2, 0.25) is 5.89 Å². The van der Waals surface area contributed by atoms with Crippen LogP contribution < -0.4 is 0 Å². The molecule has 0 unspecified atom stereocenters. The highest BCUT2D eigenvalue weighted by molar-refractivity contribution is 7.91. The molecule has 29 heavy (non-hydrogen) atoms. The van der Waals surface area contributed by atoms with E-state index in [0.717, 1.165) is 16.7 Å². The molecule has 0 N–H and O–H groups in total. The van der Waals surface area contributed by atoms with E-state index < -0.39 is 15.6 Å². The lowest BCUT2D eigenvalue weighted by atomic mass is 10.1. The van der Waals surface area contributed by atoms with Gasteiger partial charge in [-0.1, -0.05) is 41.4 Å². The minimum absolute atomic E-state index is 0.145. The number of aryl methyl sites for hydroxylation is 3. The number of sulfone groups is 1. The lowest BCUT2D eigenvalue weighted by Gasteiger charge is -2.04. The summed E-state index contributed by atoms with van der Waals surface area (Å²) in [6.45, 7) is 3.66. The molecule has 0 saturated heterocycles. The van der Waals surface area contributed by atoms with Gasteiger partial charge in [0.25, 0.3) is 0 Å². The number of Topliss-reactive ketones (excluding diaryl/α,β-unsaturated/α-hetero) is 1. The molecule has 152 valence electrons. The Bertz CT molecular complexity index is 1120. The number of carbonyl (C=O) groups is 1. The van der Waals surface area contributed by atoms with E-state index in [0.29, 0.717) is 28.8 Å². The van der Waals surface area contributed by atoms with Gasteiger partial charge in [0.1, 0.15) is 17.3 Å². The van der Waals surface area contributed by atoms with Crippen molar-refractivity contribution >= 4 is 27.2 Å². The van der Waals surface area contributed by atoms with E-state index in [1.54, 1.807) is 25.1 Å². The normalized spacial score (nSPS) is 11.6. The number of aromatic nitrogens is 1. The van der Waals surface area contributed by atoms with Gasteiger partial charge in [-0.25, -0.2) is 13.4 Å². The SMILES string of the molecule is Cc1ccc(-c2nc(CS(=O)(=O)CC(=O)CCc3cccc(Cl)c3)c(C)o2)cc1. The van der Waals surface area contributed by atoms with Crippen LogP contribution in [0, 0.1) is 13.8 Å². The fraction of sp³-hybridized carbons (Fsp3) is 0.273. The Hall–Kier alpha value is -2.44. The Morgan fingerprint density at radius 2 is 1.83 bits per heavy atom. The monoisotopic (exact) mass is 431 g/mol. The van der Waals surface area contributed by atoms with Crippen LogP contribution in [0.2, 0.25) is 5.02 Å². The minimum atomic E-state index is -3.64. The molecule has 2 aromatic carbocycles. The van der Waals surface area contributed by atoms with Gasteiger partial charge >= 0.3 is 0 Å². The summed E-state index contributed by atoms with van der Waals surface area (Å²) < 4.78 is 30.6. The zero-order valence-electron chi connectivity index (χ0n) is 16.3. The van der Waals surface area contributed by atoms with E-state index in [1.165, 1.54) is 0 Å². The first kappa shape index (κ1) is 21.3. The number of ketones is 1. The van der Waals surface area contributed by atoms with Crippen LogP contribution in [-0.2, 0) is 26.8 Å². The van der Waals surface area contributed by atoms with Gasteiger partial charge in [0.05, 0.1) is 11.4 Å². The molecule has 0 saturated carbocycles. The van der Waals surface area contributed by atoms with E-state index in [1.807, 2.05) is 37.3 Å². The second-order valence-corrected chi connectivity index (χ2v) is 9.59. The van der Waals surface area contributed by atoms with E-state index in [4.69, 9.17) is 16.0 Å². The first-order chi connectivity index (χ1) is 13.7. The van der Waals surface area contributed by atoms with Crippen LogP contribution in [0.1, 0.15) is 29.0 Å². The van der Waals surface area contributed by atoms with Gasteiger partial charge in [0.15, 0.2) is 9.84 Å². The van der Waals surface area contributed by atoms with Crippen molar-refractivity contribution in [3.05, 3.63) is 76.1 Å². The lowest BCUT2D eigenvalue weighted by molar-refractivity contribution is -0.116. The quantitative estimate of drug-likeness (QED) is 0.515. The summed E-state index contributed by atoms with van der Waals surface area (Å²) in [6, 6.07) is 14.8. The zero-order valence-corrected chi connectivity index (χ0v) is 17.9. The van der Waals surface area contributed by atoms with Gasteiger partial charge < -0.3 is 4.42 Å². The number of carbonyl (C=O) groups excluding carboxylic acids is 1. The van der Waals surface area contributed by atoms with Crippen molar-refractivity contribution in [2.75, 3.05) is 5.75 Å². The summed E-state index contributed by atoms with van der Waals surface area (Å²) in [6.07, 6.45) is 0.599. The predicted molar refractivity (Wildman–Crippen MR) is 114 cm³/mol. The van der Waals surface area contributed by atoms with E-state index >= 15 is 0 Å². The number of rotatable bonds is 8. The molecule has 0 spiro atoms. The highest BCUT2D eigenvalue weighted by Crippen LogP contribution is 2.23. The Labute approximate surface area is 175 Å². The molecule has 5 nitrogen and oxygen atoms in total. The molecule has 0 bridgehead atoms. The maximum Gasteiger partial charge on any atom is 0.226 e. The fourth-order valence-corrected chi connectivity index (χ4v) is 4.57. The second kappa shape index (κ2) is 8.93. The molecule has 3 rings (SSSR count). The molecule has 0 radical (unpaired) electrons. The average Bonchev–Trinajstić information content (AvgIpc) is 3.00. The maximum absolute atomic E-state index is 12.5. The molecule has 0 atom stereocenters. The van der Waals surface area contributed by atoms with Crippen molar-refractivity contribution in [2.24, 2.45) is 0 Å². The summed E-state index contributed by atoms with van der Waals surface area (Å²) in [4.78, 5) is 16.5. The third-order valence-electron chi connectivity index (χ3n) is 4.51. The van der Waals surface area contributed by atoms with Crippen LogP contribution in [0.5, 0.6) is 0 Å². The molecule has 0 aliphatic heterocycles. The van der Waals surface area contributed by atoms with Gasteiger partial charge in [-0.15, -0.1) is 0 Å². The summed E-state index contributed by atoms with van der Waals surface area (Å²) in [7, 11) is -3.64.